The fraction of sp³-hybridized carbons (Fsp3) is 0.286. The molecular formula is C21H22N4O3. The highest BCUT2D eigenvalue weighted by Gasteiger charge is 2.20. The van der Waals surface area contributed by atoms with Crippen molar-refractivity contribution in [2.45, 2.75) is 32.5 Å². The number of anilines is 1. The lowest BCUT2D eigenvalue weighted by Crippen LogP contribution is -2.26. The van der Waals surface area contributed by atoms with Crippen molar-refractivity contribution in [3.05, 3.63) is 65.2 Å². The Morgan fingerprint density at radius 1 is 1.29 bits per heavy atom. The van der Waals surface area contributed by atoms with Crippen molar-refractivity contribution in [3.8, 4) is 6.07 Å². The number of hydroxylamine groups is 1. The van der Waals surface area contributed by atoms with Crippen LogP contribution in [0.2, 0.25) is 0 Å². The molecule has 0 aromatic heterocycles. The summed E-state index contributed by atoms with van der Waals surface area (Å²) < 4.78 is 0. The second-order valence-corrected chi connectivity index (χ2v) is 6.40. The topological polar surface area (TPSA) is 95.7 Å². The molecule has 2 N–H and O–H groups in total. The van der Waals surface area contributed by atoms with Crippen LogP contribution < -0.4 is 10.8 Å². The molecular weight excluding hydrogens is 356 g/mol. The molecule has 0 spiro atoms. The van der Waals surface area contributed by atoms with Gasteiger partial charge in [0.15, 0.2) is 0 Å². The van der Waals surface area contributed by atoms with Crippen molar-refractivity contribution in [1.82, 2.24) is 5.48 Å². The molecule has 144 valence electrons. The zero-order valence-corrected chi connectivity index (χ0v) is 15.6. The molecule has 2 aromatic carbocycles. The first-order chi connectivity index (χ1) is 13.7. The van der Waals surface area contributed by atoms with Gasteiger partial charge in [0, 0.05) is 12.1 Å². The Morgan fingerprint density at radius 2 is 2.07 bits per heavy atom. The predicted molar refractivity (Wildman–Crippen MR) is 106 cm³/mol. The van der Waals surface area contributed by atoms with E-state index >= 15 is 0 Å². The molecule has 1 aliphatic heterocycles. The lowest BCUT2D eigenvalue weighted by Gasteiger charge is -2.14. The molecule has 0 bridgehead atoms. The molecule has 0 radical (unpaired) electrons. The van der Waals surface area contributed by atoms with E-state index < -0.39 is 0 Å². The van der Waals surface area contributed by atoms with Gasteiger partial charge in [0.2, 0.25) is 0 Å². The van der Waals surface area contributed by atoms with E-state index in [0.29, 0.717) is 23.4 Å². The summed E-state index contributed by atoms with van der Waals surface area (Å²) in [6, 6.07) is 16.3. The minimum Gasteiger partial charge on any atom is -0.390 e. The third-order valence-electron chi connectivity index (χ3n) is 4.38. The molecule has 0 aliphatic carbocycles. The first-order valence-electron chi connectivity index (χ1n) is 9.15. The summed E-state index contributed by atoms with van der Waals surface area (Å²) >= 11 is 0. The number of carbonyl (C=O) groups excluding carboxylic acids is 1. The van der Waals surface area contributed by atoms with E-state index in [4.69, 9.17) is 14.9 Å². The maximum Gasteiger partial charge on any atom is 0.276 e. The average Bonchev–Trinajstić information content (AvgIpc) is 3.21. The maximum absolute atomic E-state index is 12.5. The molecule has 7 nitrogen and oxygen atoms in total. The molecule has 0 saturated heterocycles. The van der Waals surface area contributed by atoms with Crippen molar-refractivity contribution in [2.75, 3.05) is 11.9 Å². The third kappa shape index (κ3) is 5.09. The van der Waals surface area contributed by atoms with Crippen LogP contribution in [0.1, 0.15) is 41.3 Å². The summed E-state index contributed by atoms with van der Waals surface area (Å²) in [4.78, 5) is 23.2. The summed E-state index contributed by atoms with van der Waals surface area (Å²) in [7, 11) is 0. The van der Waals surface area contributed by atoms with Gasteiger partial charge in [-0.25, -0.2) is 5.48 Å². The first kappa shape index (κ1) is 19.4. The van der Waals surface area contributed by atoms with Gasteiger partial charge in [-0.3, -0.25) is 9.63 Å². The predicted octanol–water partition coefficient (Wildman–Crippen LogP) is 3.39. The highest BCUT2D eigenvalue weighted by Crippen LogP contribution is 2.18. The second kappa shape index (κ2) is 9.53. The Balaban J connectivity index is 1.51. The van der Waals surface area contributed by atoms with Crippen molar-refractivity contribution >= 4 is 17.3 Å². The van der Waals surface area contributed by atoms with Crippen LogP contribution in [0.15, 0.2) is 53.7 Å². The number of para-hydroxylation sites is 1. The largest absolute Gasteiger partial charge is 0.390 e. The Hall–Kier alpha value is -3.37. The van der Waals surface area contributed by atoms with Crippen molar-refractivity contribution in [1.29, 1.82) is 5.26 Å². The number of nitrogens with one attached hydrogen (secondary N) is 2. The van der Waals surface area contributed by atoms with E-state index in [1.54, 1.807) is 36.4 Å². The van der Waals surface area contributed by atoms with Crippen LogP contribution in [0.25, 0.3) is 0 Å². The molecule has 1 amide bonds. The van der Waals surface area contributed by atoms with Crippen LogP contribution in [0.4, 0.5) is 5.69 Å². The zero-order chi connectivity index (χ0) is 19.8. The summed E-state index contributed by atoms with van der Waals surface area (Å²) in [5, 5.41) is 16.1. The number of benzene rings is 2. The number of carbonyl (C=O) groups is 1. The molecule has 1 unspecified atom stereocenters. The number of amides is 1. The molecule has 1 aliphatic rings. The maximum atomic E-state index is 12.5. The van der Waals surface area contributed by atoms with E-state index in [0.717, 1.165) is 24.1 Å². The molecule has 0 saturated carbocycles. The summed E-state index contributed by atoms with van der Waals surface area (Å²) in [5.41, 5.74) is 6.14. The lowest BCUT2D eigenvalue weighted by molar-refractivity contribution is 0.0234. The molecule has 28 heavy (non-hydrogen) atoms. The van der Waals surface area contributed by atoms with Crippen molar-refractivity contribution in [2.24, 2.45) is 5.16 Å². The normalized spacial score (nSPS) is 15.3. The zero-order valence-electron chi connectivity index (χ0n) is 15.6. The van der Waals surface area contributed by atoms with Crippen LogP contribution in [-0.4, -0.2) is 24.3 Å². The Labute approximate surface area is 163 Å². The highest BCUT2D eigenvalue weighted by atomic mass is 16.7. The second-order valence-electron chi connectivity index (χ2n) is 6.40. The van der Waals surface area contributed by atoms with Crippen LogP contribution in [-0.2, 0) is 16.3 Å². The smallest absolute Gasteiger partial charge is 0.276 e. The monoisotopic (exact) mass is 378 g/mol. The van der Waals surface area contributed by atoms with E-state index in [2.05, 4.69) is 28.9 Å². The number of hydrogen-bond acceptors (Lipinski definition) is 6. The number of hydrogen-bond donors (Lipinski definition) is 2. The van der Waals surface area contributed by atoms with Gasteiger partial charge in [0.25, 0.3) is 5.91 Å². The van der Waals surface area contributed by atoms with Crippen molar-refractivity contribution in [3.63, 3.8) is 0 Å². The molecule has 2 aromatic rings. The highest BCUT2D eigenvalue weighted by molar-refractivity contribution is 5.99. The summed E-state index contributed by atoms with van der Waals surface area (Å²) in [6.07, 6.45) is 1.65. The summed E-state index contributed by atoms with van der Waals surface area (Å²) in [5.74, 6) is -0.338. The van der Waals surface area contributed by atoms with E-state index in [1.165, 1.54) is 0 Å². The third-order valence-corrected chi connectivity index (χ3v) is 4.38. The van der Waals surface area contributed by atoms with Crippen LogP contribution in [0.3, 0.4) is 0 Å². The molecule has 3 rings (SSSR count). The quantitative estimate of drug-likeness (QED) is 0.687. The molecule has 0 fully saturated rings. The Bertz CT molecular complexity index is 887. The van der Waals surface area contributed by atoms with Crippen LogP contribution >= 0.6 is 0 Å². The van der Waals surface area contributed by atoms with E-state index in [1.807, 2.05) is 12.1 Å². The number of oxime groups is 1. The van der Waals surface area contributed by atoms with Gasteiger partial charge in [-0.1, -0.05) is 36.3 Å². The standard InChI is InChI=1S/C21H22N4O3/c1-2-17-11-18(28-24-17)13-23-20-6-4-3-5-19(20)21(26)25-27-14-16-9-7-15(12-22)8-10-16/h3-10,18,23H,2,11,13-14H2,1H3,(H,25,26). The average molecular weight is 378 g/mol. The van der Waals surface area contributed by atoms with Crippen LogP contribution in [0.5, 0.6) is 0 Å². The molecule has 7 heteroatoms. The Morgan fingerprint density at radius 3 is 2.79 bits per heavy atom. The van der Waals surface area contributed by atoms with E-state index in [9.17, 15) is 4.79 Å². The van der Waals surface area contributed by atoms with E-state index in [-0.39, 0.29) is 18.6 Å². The van der Waals surface area contributed by atoms with Gasteiger partial charge in [-0.05, 0) is 36.2 Å². The van der Waals surface area contributed by atoms with Crippen LogP contribution in [0, 0.1) is 11.3 Å². The minimum absolute atomic E-state index is 0.0290. The van der Waals surface area contributed by atoms with Gasteiger partial charge in [-0.15, -0.1) is 0 Å². The fourth-order valence-electron chi connectivity index (χ4n) is 2.78. The van der Waals surface area contributed by atoms with Crippen molar-refractivity contribution < 1.29 is 14.5 Å². The number of nitriles is 1. The SMILES string of the molecule is CCC1=NOC(CNc2ccccc2C(=O)NOCc2ccc(C#N)cc2)C1. The summed E-state index contributed by atoms with van der Waals surface area (Å²) in [6.45, 7) is 2.82. The van der Waals surface area contributed by atoms with Gasteiger partial charge in [0.1, 0.15) is 6.10 Å². The molecule has 1 atom stereocenters. The van der Waals surface area contributed by atoms with Gasteiger partial charge in [-0.2, -0.15) is 5.26 Å². The van der Waals surface area contributed by atoms with Gasteiger partial charge in [0.05, 0.1) is 36.1 Å². The number of nitrogens with zero attached hydrogens (tertiary/aromatic N) is 2. The Kier molecular flexibility index (Phi) is 6.60. The fourth-order valence-corrected chi connectivity index (χ4v) is 2.78. The minimum atomic E-state index is -0.338. The van der Waals surface area contributed by atoms with Gasteiger partial charge >= 0.3 is 0 Å². The lowest BCUT2D eigenvalue weighted by atomic mass is 10.1. The number of rotatable bonds is 8. The molecule has 1 heterocycles. The van der Waals surface area contributed by atoms with Gasteiger partial charge < -0.3 is 10.2 Å². The first-order valence-corrected chi connectivity index (χ1v) is 9.15.